The summed E-state index contributed by atoms with van der Waals surface area (Å²) in [5.41, 5.74) is 4.03. The Hall–Kier alpha value is -3.68. The summed E-state index contributed by atoms with van der Waals surface area (Å²) < 4.78 is 13.4. The number of hydrogen-bond acceptors (Lipinski definition) is 3. The van der Waals surface area contributed by atoms with Gasteiger partial charge in [-0.15, -0.1) is 0 Å². The van der Waals surface area contributed by atoms with Crippen LogP contribution < -0.4 is 10.6 Å². The van der Waals surface area contributed by atoms with Crippen molar-refractivity contribution in [2.24, 2.45) is 4.99 Å². The Morgan fingerprint density at radius 1 is 1.17 bits per heavy atom. The Kier molecular flexibility index (Phi) is 6.03. The molecule has 0 aliphatic carbocycles. The number of aromatic nitrogens is 4. The topological polar surface area (TPSA) is 93.8 Å². The van der Waals surface area contributed by atoms with Gasteiger partial charge in [0.05, 0.1) is 6.54 Å². The fourth-order valence-electron chi connectivity index (χ4n) is 3.35. The van der Waals surface area contributed by atoms with Crippen LogP contribution in [0.25, 0.3) is 22.3 Å². The molecule has 2 heterocycles. The van der Waals surface area contributed by atoms with Crippen LogP contribution in [-0.2, 0) is 13.0 Å². The van der Waals surface area contributed by atoms with E-state index in [1.165, 1.54) is 18.5 Å². The quantitative estimate of drug-likeness (QED) is 0.280. The molecule has 2 aromatic heterocycles. The highest BCUT2D eigenvalue weighted by Crippen LogP contribution is 2.19. The van der Waals surface area contributed by atoms with Crippen molar-refractivity contribution in [3.63, 3.8) is 0 Å². The molecule has 0 unspecified atom stereocenters. The number of rotatable bonds is 7. The van der Waals surface area contributed by atoms with E-state index in [1.54, 1.807) is 0 Å². The average molecular weight is 405 g/mol. The Balaban J connectivity index is 1.38. The Morgan fingerprint density at radius 2 is 2.10 bits per heavy atom. The molecule has 4 rings (SSSR count). The lowest BCUT2D eigenvalue weighted by molar-refractivity contribution is 0.629. The van der Waals surface area contributed by atoms with Crippen LogP contribution >= 0.6 is 0 Å². The smallest absolute Gasteiger partial charge is 0.191 e. The van der Waals surface area contributed by atoms with Crippen molar-refractivity contribution in [3.05, 3.63) is 71.9 Å². The van der Waals surface area contributed by atoms with Gasteiger partial charge in [-0.25, -0.2) is 14.4 Å². The first-order valence-corrected chi connectivity index (χ1v) is 9.95. The van der Waals surface area contributed by atoms with Crippen LogP contribution in [-0.4, -0.2) is 39.2 Å². The minimum absolute atomic E-state index is 0.233. The third-order valence-corrected chi connectivity index (χ3v) is 4.80. The zero-order valence-electron chi connectivity index (χ0n) is 16.7. The molecule has 0 saturated carbocycles. The zero-order chi connectivity index (χ0) is 20.8. The van der Waals surface area contributed by atoms with Gasteiger partial charge in [0.25, 0.3) is 0 Å². The number of H-pyrrole nitrogens is 2. The van der Waals surface area contributed by atoms with Gasteiger partial charge in [0.15, 0.2) is 11.8 Å². The van der Waals surface area contributed by atoms with Crippen LogP contribution in [0.5, 0.6) is 0 Å². The summed E-state index contributed by atoms with van der Waals surface area (Å²) in [6, 6.07) is 12.9. The number of nitrogens with one attached hydrogen (secondary N) is 4. The number of hydrogen-bond donors (Lipinski definition) is 4. The SMILES string of the molecule is CCNC(=NCc1cccc(-c2ncn[nH]2)c1)NCCc1c[nH]c2cc(F)ccc12. The van der Waals surface area contributed by atoms with Crippen molar-refractivity contribution >= 4 is 16.9 Å². The van der Waals surface area contributed by atoms with E-state index in [9.17, 15) is 4.39 Å². The zero-order valence-corrected chi connectivity index (χ0v) is 16.7. The molecule has 0 aliphatic rings. The van der Waals surface area contributed by atoms with Gasteiger partial charge in [0.2, 0.25) is 0 Å². The largest absolute Gasteiger partial charge is 0.361 e. The predicted molar refractivity (Wildman–Crippen MR) is 117 cm³/mol. The van der Waals surface area contributed by atoms with E-state index in [0.29, 0.717) is 13.1 Å². The molecule has 2 aromatic carbocycles. The minimum atomic E-state index is -0.233. The van der Waals surface area contributed by atoms with E-state index in [-0.39, 0.29) is 5.82 Å². The molecule has 0 bridgehead atoms. The van der Waals surface area contributed by atoms with Crippen LogP contribution in [0, 0.1) is 5.82 Å². The van der Waals surface area contributed by atoms with Crippen molar-refractivity contribution in [2.45, 2.75) is 19.9 Å². The summed E-state index contributed by atoms with van der Waals surface area (Å²) in [5.74, 6) is 1.26. The maximum atomic E-state index is 13.4. The third kappa shape index (κ3) is 4.65. The van der Waals surface area contributed by atoms with Gasteiger partial charge >= 0.3 is 0 Å². The monoisotopic (exact) mass is 405 g/mol. The summed E-state index contributed by atoms with van der Waals surface area (Å²) in [5, 5.41) is 14.5. The fraction of sp³-hybridized carbons (Fsp3) is 0.227. The first-order valence-electron chi connectivity index (χ1n) is 9.95. The highest BCUT2D eigenvalue weighted by Gasteiger charge is 2.06. The summed E-state index contributed by atoms with van der Waals surface area (Å²) in [4.78, 5) is 12.0. The molecule has 154 valence electrons. The number of fused-ring (bicyclic) bond motifs is 1. The first kappa shape index (κ1) is 19.6. The lowest BCUT2D eigenvalue weighted by Gasteiger charge is -2.11. The second kappa shape index (κ2) is 9.21. The van der Waals surface area contributed by atoms with Crippen LogP contribution in [0.3, 0.4) is 0 Å². The molecule has 0 amide bonds. The standard InChI is InChI=1S/C22H24FN7/c1-2-24-22(25-9-8-17-13-26-20-11-18(23)6-7-19(17)20)27-12-15-4-3-5-16(10-15)21-28-14-29-30-21/h3-7,10-11,13-14,26H,2,8-9,12H2,1H3,(H2,24,25,27)(H,28,29,30). The van der Waals surface area contributed by atoms with E-state index in [1.807, 2.05) is 37.4 Å². The molecule has 0 atom stereocenters. The maximum Gasteiger partial charge on any atom is 0.191 e. The number of nitrogens with zero attached hydrogens (tertiary/aromatic N) is 3. The van der Waals surface area contributed by atoms with Gasteiger partial charge in [0.1, 0.15) is 12.1 Å². The minimum Gasteiger partial charge on any atom is -0.361 e. The molecule has 30 heavy (non-hydrogen) atoms. The van der Waals surface area contributed by atoms with Crippen molar-refractivity contribution in [1.82, 2.24) is 30.8 Å². The Bertz CT molecular complexity index is 1130. The third-order valence-electron chi connectivity index (χ3n) is 4.80. The molecule has 0 radical (unpaired) electrons. The molecular weight excluding hydrogens is 381 g/mol. The molecule has 0 fully saturated rings. The number of halogens is 1. The van der Waals surface area contributed by atoms with E-state index in [0.717, 1.165) is 52.3 Å². The van der Waals surface area contributed by atoms with Crippen molar-refractivity contribution in [1.29, 1.82) is 0 Å². The van der Waals surface area contributed by atoms with Gasteiger partial charge in [0, 0.05) is 35.8 Å². The molecule has 0 saturated heterocycles. The highest BCUT2D eigenvalue weighted by atomic mass is 19.1. The van der Waals surface area contributed by atoms with Gasteiger partial charge in [-0.2, -0.15) is 5.10 Å². The van der Waals surface area contributed by atoms with Crippen molar-refractivity contribution in [2.75, 3.05) is 13.1 Å². The lowest BCUT2D eigenvalue weighted by atomic mass is 10.1. The first-order chi connectivity index (χ1) is 14.7. The molecular formula is C22H24FN7. The summed E-state index contributed by atoms with van der Waals surface area (Å²) in [6.07, 6.45) is 4.24. The fourth-order valence-corrected chi connectivity index (χ4v) is 3.35. The van der Waals surface area contributed by atoms with E-state index >= 15 is 0 Å². The predicted octanol–water partition coefficient (Wildman–Crippen LogP) is 3.39. The van der Waals surface area contributed by atoms with Crippen molar-refractivity contribution < 1.29 is 4.39 Å². The van der Waals surface area contributed by atoms with E-state index in [2.05, 4.69) is 41.9 Å². The molecule has 4 N–H and O–H groups in total. The molecule has 0 spiro atoms. The molecule has 8 heteroatoms. The summed E-state index contributed by atoms with van der Waals surface area (Å²) in [7, 11) is 0. The van der Waals surface area contributed by atoms with E-state index < -0.39 is 0 Å². The van der Waals surface area contributed by atoms with Gasteiger partial charge < -0.3 is 15.6 Å². The van der Waals surface area contributed by atoms with Crippen LogP contribution in [0.4, 0.5) is 4.39 Å². The highest BCUT2D eigenvalue weighted by molar-refractivity contribution is 5.83. The lowest BCUT2D eigenvalue weighted by Crippen LogP contribution is -2.38. The number of aromatic amines is 2. The number of guanidine groups is 1. The summed E-state index contributed by atoms with van der Waals surface area (Å²) in [6.45, 7) is 4.07. The molecule has 4 aromatic rings. The summed E-state index contributed by atoms with van der Waals surface area (Å²) >= 11 is 0. The average Bonchev–Trinajstić information content (AvgIpc) is 3.42. The van der Waals surface area contributed by atoms with Crippen LogP contribution in [0.1, 0.15) is 18.1 Å². The van der Waals surface area contributed by atoms with Gasteiger partial charge in [-0.05, 0) is 48.7 Å². The second-order valence-electron chi connectivity index (χ2n) is 6.91. The van der Waals surface area contributed by atoms with Crippen LogP contribution in [0.2, 0.25) is 0 Å². The normalized spacial score (nSPS) is 11.7. The number of aliphatic imine (C=N–C) groups is 1. The maximum absolute atomic E-state index is 13.4. The molecule has 7 nitrogen and oxygen atoms in total. The van der Waals surface area contributed by atoms with Crippen LogP contribution in [0.15, 0.2) is 60.0 Å². The van der Waals surface area contributed by atoms with E-state index in [4.69, 9.17) is 0 Å². The molecule has 0 aliphatic heterocycles. The number of benzene rings is 2. The van der Waals surface area contributed by atoms with Gasteiger partial charge in [-0.3, -0.25) is 5.10 Å². The second-order valence-corrected chi connectivity index (χ2v) is 6.91. The van der Waals surface area contributed by atoms with Gasteiger partial charge in [-0.1, -0.05) is 18.2 Å². The van der Waals surface area contributed by atoms with Crippen molar-refractivity contribution in [3.8, 4) is 11.4 Å². The Labute approximate surface area is 173 Å². The Morgan fingerprint density at radius 3 is 2.93 bits per heavy atom.